The molecule has 333 valence electrons. The van der Waals surface area contributed by atoms with Crippen molar-refractivity contribution < 1.29 is 24.5 Å². The molecule has 1 radical (unpaired) electrons. The van der Waals surface area contributed by atoms with E-state index in [1.54, 1.807) is 0 Å². The van der Waals surface area contributed by atoms with Crippen LogP contribution in [0.2, 0.25) is 19.6 Å². The van der Waals surface area contributed by atoms with Crippen molar-refractivity contribution in [3.8, 4) is 50.6 Å². The van der Waals surface area contributed by atoms with Gasteiger partial charge in [0, 0.05) is 49.3 Å². The quantitative estimate of drug-likeness (QED) is 0.113. The summed E-state index contributed by atoms with van der Waals surface area (Å²) in [6, 6.07) is 59.0. The Kier molecular flexibility index (Phi) is 13.3. The first-order valence-electron chi connectivity index (χ1n) is 22.8. The first-order chi connectivity index (χ1) is 31.2. The summed E-state index contributed by atoms with van der Waals surface area (Å²) in [7, 11) is -1.34. The van der Waals surface area contributed by atoms with E-state index in [-0.39, 0.29) is 25.5 Å². The second-order valence-electron chi connectivity index (χ2n) is 19.8. The molecular weight excluding hydrogens is 999 g/mol. The van der Waals surface area contributed by atoms with Gasteiger partial charge in [-0.2, -0.15) is 0 Å². The van der Waals surface area contributed by atoms with Crippen LogP contribution in [0, 0.1) is 25.2 Å². The van der Waals surface area contributed by atoms with Crippen LogP contribution in [-0.2, 0) is 31.9 Å². The summed E-state index contributed by atoms with van der Waals surface area (Å²) in [6.07, 6.45) is 6.52. The molecule has 0 unspecified atom stereocenters. The molecule has 0 spiro atoms. The maximum absolute atomic E-state index is 6.15. The second-order valence-corrected chi connectivity index (χ2v) is 24.8. The maximum Gasteiger partial charge on any atom is 0.0798 e. The van der Waals surface area contributed by atoms with Crippen molar-refractivity contribution >= 4 is 46.0 Å². The number of fused-ring (bicyclic) bond motifs is 3. The van der Waals surface area contributed by atoms with Crippen LogP contribution < -0.4 is 5.19 Å². The van der Waals surface area contributed by atoms with E-state index in [2.05, 4.69) is 229 Å². The van der Waals surface area contributed by atoms with Crippen molar-refractivity contribution in [2.75, 3.05) is 0 Å². The van der Waals surface area contributed by atoms with Gasteiger partial charge in [0.25, 0.3) is 0 Å². The zero-order chi connectivity index (χ0) is 45.5. The van der Waals surface area contributed by atoms with Crippen LogP contribution in [0.1, 0.15) is 51.3 Å². The van der Waals surface area contributed by atoms with Gasteiger partial charge in [-0.15, -0.1) is 35.9 Å². The first-order valence-corrected chi connectivity index (χ1v) is 26.3. The van der Waals surface area contributed by atoms with E-state index in [1.165, 1.54) is 21.9 Å². The van der Waals surface area contributed by atoms with Crippen molar-refractivity contribution in [3.05, 3.63) is 193 Å². The fraction of sp³-hybridized carbons (Fsp3) is 0.200. The third-order valence-electron chi connectivity index (χ3n) is 12.2. The van der Waals surface area contributed by atoms with E-state index in [0.717, 1.165) is 89.8 Å². The molecule has 7 aromatic carbocycles. The molecule has 3 heterocycles. The summed E-state index contributed by atoms with van der Waals surface area (Å²) in [6.45, 7) is 20.7. The molecule has 4 nitrogen and oxygen atoms in total. The molecule has 0 atom stereocenters. The fourth-order valence-electron chi connectivity index (χ4n) is 8.89. The molecule has 0 aliphatic rings. The van der Waals surface area contributed by atoms with Gasteiger partial charge in [0.05, 0.1) is 30.6 Å². The number of benzene rings is 7. The molecule has 0 amide bonds. The van der Waals surface area contributed by atoms with Gasteiger partial charge in [-0.05, 0) is 87.3 Å². The minimum atomic E-state index is -1.34. The number of hydrogen-bond donors (Lipinski definition) is 0. The molecule has 0 aliphatic heterocycles. The largest absolute Gasteiger partial charge is 0.557 e. The number of nitrogens with zero attached hydrogens (tertiary/aromatic N) is 3. The average Bonchev–Trinajstić information content (AvgIpc) is 3.89. The molecule has 66 heavy (non-hydrogen) atoms. The molecule has 10 rings (SSSR count). The van der Waals surface area contributed by atoms with Crippen LogP contribution in [0.25, 0.3) is 83.4 Å². The van der Waals surface area contributed by atoms with E-state index in [0.29, 0.717) is 5.92 Å². The Bertz CT molecular complexity index is 3220. The number of aromatic nitrogens is 3. The second kappa shape index (κ2) is 19.0. The van der Waals surface area contributed by atoms with Crippen molar-refractivity contribution in [1.29, 1.82) is 0 Å². The predicted octanol–water partition coefficient (Wildman–Crippen LogP) is 15.6. The Hall–Kier alpha value is -6.17. The topological polar surface area (TPSA) is 43.9 Å². The van der Waals surface area contributed by atoms with Gasteiger partial charge < -0.3 is 14.0 Å². The molecule has 0 saturated heterocycles. The Morgan fingerprint density at radius 1 is 0.712 bits per heavy atom. The summed E-state index contributed by atoms with van der Waals surface area (Å²) in [4.78, 5) is 9.98. The number of furan rings is 1. The predicted molar refractivity (Wildman–Crippen MR) is 277 cm³/mol. The van der Waals surface area contributed by atoms with Gasteiger partial charge in [-0.3, -0.25) is 4.98 Å². The molecule has 3 aromatic heterocycles. The van der Waals surface area contributed by atoms with E-state index in [9.17, 15) is 0 Å². The Labute approximate surface area is 405 Å². The van der Waals surface area contributed by atoms with Crippen molar-refractivity contribution in [3.63, 3.8) is 0 Å². The van der Waals surface area contributed by atoms with Gasteiger partial charge in [-0.1, -0.05) is 186 Å². The third kappa shape index (κ3) is 9.55. The molecule has 0 saturated carbocycles. The van der Waals surface area contributed by atoms with Crippen LogP contribution >= 0.6 is 0 Å². The standard InChI is InChI=1S/C42H33N2O.C18H24NSi.Ir/c1-27-19-20-30-22-35-36(26-45-39(35)23-31(30)21-27)41-43-37-17-11-12-18-38(37)44(41)40-33(28-13-7-5-8-14-28)24-32(42(2,3)4)25-34(40)29-15-9-6-10-16-29;1-14(2)11-16-12-17(15-9-7-6-8-10-15)19-13-18(16)20(3,4)5;/h5-25H,1-4H3;6-9,12-14H,11H2,1-5H3;/q2*-1;. The van der Waals surface area contributed by atoms with Crippen molar-refractivity contribution in [1.82, 2.24) is 14.5 Å². The molecular formula is C60H57IrN3OSi-2. The minimum Gasteiger partial charge on any atom is -0.557 e. The number of pyridine rings is 1. The van der Waals surface area contributed by atoms with Crippen LogP contribution in [0.15, 0.2) is 168 Å². The van der Waals surface area contributed by atoms with Gasteiger partial charge in [0.2, 0.25) is 0 Å². The molecule has 0 N–H and O–H groups in total. The SMILES string of the molecule is CC(C)Cc1cc(-c2[c-]cccc2)ncc1[Si](C)(C)C.Cc1ccc2cc3c(-c4nc5ccccc5n4-c4c(-c5ccccc5)cc(C(C)(C)C)cc4-c4ccccc4)[c-]oc3cc2c1.[Ir]. The van der Waals surface area contributed by atoms with E-state index >= 15 is 0 Å². The van der Waals surface area contributed by atoms with Gasteiger partial charge in [-0.25, -0.2) is 0 Å². The fourth-order valence-corrected chi connectivity index (χ4v) is 10.5. The van der Waals surface area contributed by atoms with Crippen LogP contribution in [-0.4, -0.2) is 22.6 Å². The summed E-state index contributed by atoms with van der Waals surface area (Å²) in [5.41, 5.74) is 15.3. The molecule has 6 heteroatoms. The molecule has 0 bridgehead atoms. The number of hydrogen-bond acceptors (Lipinski definition) is 3. The number of imidazole rings is 1. The zero-order valence-corrected chi connectivity index (χ0v) is 42.9. The molecule has 0 fully saturated rings. The van der Waals surface area contributed by atoms with Crippen molar-refractivity contribution in [2.24, 2.45) is 5.92 Å². The summed E-state index contributed by atoms with van der Waals surface area (Å²) < 4.78 is 8.48. The monoisotopic (exact) mass is 1060 g/mol. The third-order valence-corrected chi connectivity index (χ3v) is 14.3. The van der Waals surface area contributed by atoms with E-state index < -0.39 is 8.07 Å². The van der Waals surface area contributed by atoms with Crippen LogP contribution in [0.4, 0.5) is 0 Å². The average molecular weight is 1060 g/mol. The maximum atomic E-state index is 6.15. The Morgan fingerprint density at radius 3 is 1.98 bits per heavy atom. The Morgan fingerprint density at radius 2 is 1.36 bits per heavy atom. The molecule has 10 aromatic rings. The smallest absolute Gasteiger partial charge is 0.0798 e. The first kappa shape index (κ1) is 46.4. The van der Waals surface area contributed by atoms with Gasteiger partial charge in [0.1, 0.15) is 0 Å². The number of para-hydroxylation sites is 2. The zero-order valence-electron chi connectivity index (χ0n) is 39.5. The van der Waals surface area contributed by atoms with Crippen LogP contribution in [0.5, 0.6) is 0 Å². The van der Waals surface area contributed by atoms with Crippen molar-refractivity contribution in [2.45, 2.75) is 73.0 Å². The summed E-state index contributed by atoms with van der Waals surface area (Å²) >= 11 is 0. The van der Waals surface area contributed by atoms with E-state index in [4.69, 9.17) is 9.40 Å². The van der Waals surface area contributed by atoms with E-state index in [1.807, 2.05) is 18.2 Å². The summed E-state index contributed by atoms with van der Waals surface area (Å²) in [5.74, 6) is 1.47. The van der Waals surface area contributed by atoms with Gasteiger partial charge in [0.15, 0.2) is 0 Å². The minimum absolute atomic E-state index is 0. The Balaban J connectivity index is 0.000000238. The van der Waals surface area contributed by atoms with Gasteiger partial charge >= 0.3 is 0 Å². The normalized spacial score (nSPS) is 11.8. The number of rotatable bonds is 8. The number of aryl methyl sites for hydroxylation is 1. The molecule has 0 aliphatic carbocycles. The summed E-state index contributed by atoms with van der Waals surface area (Å²) in [5, 5.41) is 4.81. The van der Waals surface area contributed by atoms with Crippen LogP contribution in [0.3, 0.4) is 0 Å².